The number of halogens is 2. The molecule has 2 N–H and O–H groups in total. The Bertz CT molecular complexity index is 1180. The van der Waals surface area contributed by atoms with Crippen LogP contribution in [-0.4, -0.2) is 37.7 Å². The molecule has 0 bridgehead atoms. The Morgan fingerprint density at radius 1 is 1.20 bits per heavy atom. The third-order valence-electron chi connectivity index (χ3n) is 5.13. The van der Waals surface area contributed by atoms with Gasteiger partial charge in [-0.25, -0.2) is 13.8 Å². The van der Waals surface area contributed by atoms with Crippen molar-refractivity contribution >= 4 is 28.2 Å². The number of hydrogen-bond donors (Lipinski definition) is 2. The van der Waals surface area contributed by atoms with Gasteiger partial charge in [-0.05, 0) is 37.1 Å². The van der Waals surface area contributed by atoms with Crippen molar-refractivity contribution in [1.82, 2.24) is 15.0 Å². The molecule has 0 radical (unpaired) electrons. The van der Waals surface area contributed by atoms with Gasteiger partial charge in [-0.2, -0.15) is 0 Å². The number of anilines is 1. The van der Waals surface area contributed by atoms with Gasteiger partial charge in [0.05, 0.1) is 11.4 Å². The molecule has 0 unspecified atom stereocenters. The second-order valence-corrected chi connectivity index (χ2v) is 7.28. The number of fused-ring (bicyclic) bond motifs is 1. The van der Waals surface area contributed by atoms with E-state index in [1.165, 1.54) is 0 Å². The number of oxime groups is 1. The Kier molecular flexibility index (Phi) is 4.89. The molecule has 0 aromatic carbocycles. The predicted octanol–water partition coefficient (Wildman–Crippen LogP) is 4.18. The first-order valence-corrected chi connectivity index (χ1v) is 9.45. The molecule has 0 aliphatic heterocycles. The van der Waals surface area contributed by atoms with Crippen molar-refractivity contribution in [3.8, 4) is 11.3 Å². The Balaban J connectivity index is 1.59. The van der Waals surface area contributed by atoms with Crippen LogP contribution in [0.4, 0.5) is 14.6 Å². The molecule has 1 atom stereocenters. The number of carbonyl (C=O) groups excluding carboxylic acids is 1. The fourth-order valence-electron chi connectivity index (χ4n) is 3.25. The minimum atomic E-state index is -2.92. The minimum Gasteiger partial charge on any atom is -0.411 e. The van der Waals surface area contributed by atoms with Crippen LogP contribution in [0.1, 0.15) is 31.0 Å². The fourth-order valence-corrected chi connectivity index (χ4v) is 3.25. The van der Waals surface area contributed by atoms with E-state index < -0.39 is 24.2 Å². The lowest BCUT2D eigenvalue weighted by molar-refractivity contribution is -0.119. The number of nitrogens with one attached hydrogen (secondary N) is 1. The Morgan fingerprint density at radius 2 is 1.90 bits per heavy atom. The van der Waals surface area contributed by atoms with E-state index in [4.69, 9.17) is 5.21 Å². The second-order valence-electron chi connectivity index (χ2n) is 7.28. The molecule has 1 amide bonds. The summed E-state index contributed by atoms with van der Waals surface area (Å²) in [6.07, 6.45) is 5.00. The first-order valence-electron chi connectivity index (χ1n) is 9.45. The van der Waals surface area contributed by atoms with Gasteiger partial charge in [0.1, 0.15) is 17.4 Å². The molecule has 154 valence electrons. The van der Waals surface area contributed by atoms with E-state index in [0.29, 0.717) is 23.5 Å². The minimum absolute atomic E-state index is 0.210. The van der Waals surface area contributed by atoms with Gasteiger partial charge in [0.2, 0.25) is 5.91 Å². The van der Waals surface area contributed by atoms with E-state index in [9.17, 15) is 13.6 Å². The van der Waals surface area contributed by atoms with Gasteiger partial charge in [-0.3, -0.25) is 14.8 Å². The zero-order valence-corrected chi connectivity index (χ0v) is 16.4. The summed E-state index contributed by atoms with van der Waals surface area (Å²) in [5.74, 6) is -4.71. The highest BCUT2D eigenvalue weighted by Gasteiger charge is 2.61. The SMILES string of the molecule is CC/C(=N/O)c1cc(C)c(-c2cc3cnc(NC(=O)[C@H]4CC4(F)F)cc3cn2)cn1. The maximum Gasteiger partial charge on any atom is 0.260 e. The van der Waals surface area contributed by atoms with Gasteiger partial charge < -0.3 is 10.5 Å². The third-order valence-corrected chi connectivity index (χ3v) is 5.13. The van der Waals surface area contributed by atoms with Gasteiger partial charge in [0.15, 0.2) is 0 Å². The molecule has 0 saturated heterocycles. The van der Waals surface area contributed by atoms with Gasteiger partial charge in [-0.15, -0.1) is 0 Å². The first kappa shape index (κ1) is 19.8. The topological polar surface area (TPSA) is 100 Å². The number of aryl methyl sites for hydroxylation is 1. The van der Waals surface area contributed by atoms with Crippen molar-refractivity contribution in [2.24, 2.45) is 11.1 Å². The summed E-state index contributed by atoms with van der Waals surface area (Å²) in [5, 5.41) is 16.3. The smallest absolute Gasteiger partial charge is 0.260 e. The van der Waals surface area contributed by atoms with Crippen LogP contribution in [0.3, 0.4) is 0 Å². The molecule has 9 heteroatoms. The number of rotatable bonds is 5. The molecule has 1 aliphatic rings. The number of aromatic nitrogens is 3. The van der Waals surface area contributed by atoms with Gasteiger partial charge in [0, 0.05) is 41.3 Å². The largest absolute Gasteiger partial charge is 0.411 e. The van der Waals surface area contributed by atoms with Crippen molar-refractivity contribution < 1.29 is 18.8 Å². The summed E-state index contributed by atoms with van der Waals surface area (Å²) < 4.78 is 26.1. The quantitative estimate of drug-likeness (QED) is 0.373. The summed E-state index contributed by atoms with van der Waals surface area (Å²) in [7, 11) is 0. The van der Waals surface area contributed by atoms with Crippen molar-refractivity contribution in [3.05, 3.63) is 48.0 Å². The Hall–Kier alpha value is -3.49. The van der Waals surface area contributed by atoms with Crippen molar-refractivity contribution in [3.63, 3.8) is 0 Å². The molecule has 3 aromatic rings. The molecule has 4 rings (SSSR count). The van der Waals surface area contributed by atoms with E-state index in [-0.39, 0.29) is 5.82 Å². The molecule has 0 spiro atoms. The van der Waals surface area contributed by atoms with E-state index in [1.54, 1.807) is 24.7 Å². The van der Waals surface area contributed by atoms with Gasteiger partial charge >= 0.3 is 0 Å². The van der Waals surface area contributed by atoms with Crippen molar-refractivity contribution in [2.75, 3.05) is 5.32 Å². The molecule has 1 aliphatic carbocycles. The van der Waals surface area contributed by atoms with Crippen LogP contribution in [0, 0.1) is 12.8 Å². The molecule has 1 saturated carbocycles. The summed E-state index contributed by atoms with van der Waals surface area (Å²) in [4.78, 5) is 24.8. The van der Waals surface area contributed by atoms with Crippen molar-refractivity contribution in [1.29, 1.82) is 0 Å². The maximum atomic E-state index is 13.0. The monoisotopic (exact) mass is 411 g/mol. The fraction of sp³-hybridized carbons (Fsp3) is 0.286. The molecular weight excluding hydrogens is 392 g/mol. The van der Waals surface area contributed by atoms with Crippen LogP contribution in [0.5, 0.6) is 0 Å². The first-order chi connectivity index (χ1) is 14.3. The van der Waals surface area contributed by atoms with E-state index in [0.717, 1.165) is 21.9 Å². The Morgan fingerprint density at radius 3 is 2.53 bits per heavy atom. The highest BCUT2D eigenvalue weighted by atomic mass is 19.3. The summed E-state index contributed by atoms with van der Waals surface area (Å²) in [5.41, 5.74) is 3.53. The van der Waals surface area contributed by atoms with Crippen LogP contribution in [0.25, 0.3) is 22.0 Å². The molecule has 7 nitrogen and oxygen atoms in total. The lowest BCUT2D eigenvalue weighted by Crippen LogP contribution is -2.18. The predicted molar refractivity (Wildman–Crippen MR) is 108 cm³/mol. The number of alkyl halides is 2. The maximum absolute atomic E-state index is 13.0. The van der Waals surface area contributed by atoms with E-state index in [1.807, 2.05) is 26.0 Å². The summed E-state index contributed by atoms with van der Waals surface area (Å²) in [6.45, 7) is 3.80. The normalized spacial score (nSPS) is 17.7. The number of carbonyl (C=O) groups is 1. The van der Waals surface area contributed by atoms with Crippen LogP contribution in [0.2, 0.25) is 0 Å². The number of nitrogens with zero attached hydrogens (tertiary/aromatic N) is 4. The number of hydrogen-bond acceptors (Lipinski definition) is 6. The number of pyridine rings is 3. The summed E-state index contributed by atoms with van der Waals surface area (Å²) >= 11 is 0. The Labute approximate surface area is 170 Å². The van der Waals surface area contributed by atoms with Gasteiger partial charge in [-0.1, -0.05) is 12.1 Å². The van der Waals surface area contributed by atoms with Gasteiger partial charge in [0.25, 0.3) is 5.92 Å². The second kappa shape index (κ2) is 7.40. The zero-order chi connectivity index (χ0) is 21.5. The average molecular weight is 411 g/mol. The third kappa shape index (κ3) is 3.70. The van der Waals surface area contributed by atoms with Crippen LogP contribution < -0.4 is 5.32 Å². The van der Waals surface area contributed by atoms with E-state index >= 15 is 0 Å². The average Bonchev–Trinajstić information content (AvgIpc) is 3.37. The molecule has 1 fully saturated rings. The summed E-state index contributed by atoms with van der Waals surface area (Å²) in [6, 6.07) is 5.28. The number of amides is 1. The highest BCUT2D eigenvalue weighted by molar-refractivity contribution is 5.99. The molecule has 3 aromatic heterocycles. The highest BCUT2D eigenvalue weighted by Crippen LogP contribution is 2.49. The lowest BCUT2D eigenvalue weighted by Gasteiger charge is -2.09. The zero-order valence-electron chi connectivity index (χ0n) is 16.4. The van der Waals surface area contributed by atoms with Crippen LogP contribution in [0.15, 0.2) is 41.9 Å². The van der Waals surface area contributed by atoms with Crippen LogP contribution in [-0.2, 0) is 4.79 Å². The van der Waals surface area contributed by atoms with E-state index in [2.05, 4.69) is 25.4 Å². The molecule has 30 heavy (non-hydrogen) atoms. The lowest BCUT2D eigenvalue weighted by atomic mass is 10.0. The standard InChI is InChI=1S/C21H19F2N5O2/c1-3-16(28-30)18-4-11(2)14(10-25-18)17-5-12-9-26-19(6-13(12)8-24-17)27-20(29)15-7-21(15,22)23/h4-6,8-10,15,30H,3,7H2,1-2H3,(H,26,27,29)/b28-16-/t15-/m1/s1. The van der Waals surface area contributed by atoms with Crippen LogP contribution >= 0.6 is 0 Å². The molecular formula is C21H19F2N5O2. The molecule has 3 heterocycles. The van der Waals surface area contributed by atoms with Crippen molar-refractivity contribution in [2.45, 2.75) is 32.6 Å².